The molecule has 1 atom stereocenters. The molecule has 0 unspecified atom stereocenters. The molecule has 5 rings (SSSR count). The molecule has 3 amide bonds. The van der Waals surface area contributed by atoms with Crippen molar-refractivity contribution < 1.29 is 28.3 Å². The van der Waals surface area contributed by atoms with Crippen molar-refractivity contribution in [3.8, 4) is 22.6 Å². The number of anilines is 2. The first-order valence-corrected chi connectivity index (χ1v) is 12.7. The van der Waals surface area contributed by atoms with Crippen LogP contribution in [0, 0.1) is 11.6 Å². The molecule has 2 aromatic carbocycles. The normalized spacial score (nSPS) is 15.1. The fraction of sp³-hybridized carbons (Fsp3) is 0.148. The molecule has 3 heterocycles. The number of H-pyrrole nitrogens is 2. The molecular formula is C27H22ClF2N7O4. The first-order valence-electron chi connectivity index (χ1n) is 12.3. The molecule has 1 aliphatic rings. The van der Waals surface area contributed by atoms with Gasteiger partial charge >= 0.3 is 6.09 Å². The van der Waals surface area contributed by atoms with Crippen molar-refractivity contribution in [2.75, 3.05) is 10.6 Å². The Hall–Kier alpha value is -5.04. The number of nitrogens with zero attached hydrogens (tertiary/aromatic N) is 2. The number of carbonyl (C=O) groups is 3. The molecule has 41 heavy (non-hydrogen) atoms. The first kappa shape index (κ1) is 27.5. The summed E-state index contributed by atoms with van der Waals surface area (Å²) in [6.45, 7) is 0. The quantitative estimate of drug-likeness (QED) is 0.135. The third-order valence-corrected chi connectivity index (χ3v) is 6.54. The van der Waals surface area contributed by atoms with Crippen LogP contribution in [0.25, 0.3) is 22.6 Å². The Bertz CT molecular complexity index is 1680. The third-order valence-electron chi connectivity index (χ3n) is 6.24. The maximum atomic E-state index is 14.5. The van der Waals surface area contributed by atoms with Crippen LogP contribution < -0.4 is 16.0 Å². The number of imidazole rings is 2. The molecule has 0 aliphatic carbocycles. The van der Waals surface area contributed by atoms with Gasteiger partial charge in [-0.05, 0) is 43.2 Å². The van der Waals surface area contributed by atoms with Crippen molar-refractivity contribution in [2.45, 2.75) is 25.3 Å². The van der Waals surface area contributed by atoms with E-state index in [2.05, 4.69) is 35.9 Å². The highest BCUT2D eigenvalue weighted by atomic mass is 35.5. The Labute approximate surface area is 236 Å². The molecule has 2 bridgehead atoms. The number of halogens is 3. The number of benzene rings is 2. The first-order chi connectivity index (χ1) is 19.7. The molecule has 0 spiro atoms. The standard InChI is InChI=1S/C27H22ClF2N7O4/c28-15-8-9-16(29)22(23(15)30)25-32-12-20(36-25)26(39)37-17-4-2-1-3-5-21(38)34-18-10-13(33-27(40)41)6-7-14(18)19-11-31-24(17)35-19/h1-2,6-12,17,33H,3-5H2,(H,31,35)(H,32,36)(H,34,38)(H,37,39)(H,40,41)/t17-/m0/s1. The summed E-state index contributed by atoms with van der Waals surface area (Å²) >= 11 is 5.78. The van der Waals surface area contributed by atoms with E-state index in [-0.39, 0.29) is 34.6 Å². The summed E-state index contributed by atoms with van der Waals surface area (Å²) in [5.41, 5.74) is 1.16. The minimum atomic E-state index is -1.25. The van der Waals surface area contributed by atoms with Crippen molar-refractivity contribution in [1.82, 2.24) is 25.3 Å². The van der Waals surface area contributed by atoms with Gasteiger partial charge in [0.2, 0.25) is 5.91 Å². The van der Waals surface area contributed by atoms with Crippen LogP contribution in [0.4, 0.5) is 25.0 Å². The number of carbonyl (C=O) groups excluding carboxylic acids is 2. The van der Waals surface area contributed by atoms with E-state index in [1.54, 1.807) is 24.3 Å². The highest BCUT2D eigenvalue weighted by Gasteiger charge is 2.23. The van der Waals surface area contributed by atoms with Crippen molar-refractivity contribution in [2.24, 2.45) is 0 Å². The van der Waals surface area contributed by atoms with Crippen molar-refractivity contribution in [3.63, 3.8) is 0 Å². The molecule has 0 radical (unpaired) electrons. The number of fused-ring (bicyclic) bond motifs is 4. The minimum Gasteiger partial charge on any atom is -0.465 e. The van der Waals surface area contributed by atoms with Crippen molar-refractivity contribution in [3.05, 3.63) is 83.1 Å². The highest BCUT2D eigenvalue weighted by molar-refractivity contribution is 6.31. The van der Waals surface area contributed by atoms with Gasteiger partial charge in [0, 0.05) is 17.7 Å². The second-order valence-corrected chi connectivity index (χ2v) is 9.46. The predicted octanol–water partition coefficient (Wildman–Crippen LogP) is 5.64. The van der Waals surface area contributed by atoms with E-state index in [9.17, 15) is 23.2 Å². The van der Waals surface area contributed by atoms with Gasteiger partial charge < -0.3 is 25.7 Å². The molecule has 210 valence electrons. The molecule has 0 fully saturated rings. The second-order valence-electron chi connectivity index (χ2n) is 9.06. The summed E-state index contributed by atoms with van der Waals surface area (Å²) in [7, 11) is 0. The molecule has 14 heteroatoms. The number of hydrogen-bond donors (Lipinski definition) is 6. The van der Waals surface area contributed by atoms with Crippen LogP contribution in [0.15, 0.2) is 54.9 Å². The number of aromatic nitrogens is 4. The average Bonchev–Trinajstić information content (AvgIpc) is 3.60. The summed E-state index contributed by atoms with van der Waals surface area (Å²) < 4.78 is 28.8. The maximum absolute atomic E-state index is 14.5. The Morgan fingerprint density at radius 2 is 1.90 bits per heavy atom. The Kier molecular flexibility index (Phi) is 7.79. The van der Waals surface area contributed by atoms with Gasteiger partial charge in [-0.25, -0.2) is 23.5 Å². The lowest BCUT2D eigenvalue weighted by molar-refractivity contribution is -0.116. The Balaban J connectivity index is 1.44. The van der Waals surface area contributed by atoms with Crippen LogP contribution >= 0.6 is 11.6 Å². The van der Waals surface area contributed by atoms with Gasteiger partial charge in [0.15, 0.2) is 5.82 Å². The van der Waals surface area contributed by atoms with Crippen LogP contribution in [-0.2, 0) is 4.79 Å². The number of carboxylic acid groups (broad SMARTS) is 1. The average molecular weight is 582 g/mol. The van der Waals surface area contributed by atoms with E-state index in [1.807, 2.05) is 0 Å². The van der Waals surface area contributed by atoms with Gasteiger partial charge in [0.05, 0.1) is 40.4 Å². The number of nitrogens with one attached hydrogen (secondary N) is 5. The zero-order valence-electron chi connectivity index (χ0n) is 21.1. The second kappa shape index (κ2) is 11.6. The molecule has 11 nitrogen and oxygen atoms in total. The molecule has 1 aliphatic heterocycles. The smallest absolute Gasteiger partial charge is 0.409 e. The largest absolute Gasteiger partial charge is 0.465 e. The summed E-state index contributed by atoms with van der Waals surface area (Å²) in [5.74, 6) is -2.57. The Morgan fingerprint density at radius 1 is 1.07 bits per heavy atom. The molecule has 2 aromatic heterocycles. The molecule has 6 N–H and O–H groups in total. The van der Waals surface area contributed by atoms with Gasteiger partial charge in [0.25, 0.3) is 5.91 Å². The monoisotopic (exact) mass is 581 g/mol. The summed E-state index contributed by atoms with van der Waals surface area (Å²) in [5, 5.41) is 16.7. The molecule has 4 aromatic rings. The van der Waals surface area contributed by atoms with E-state index in [4.69, 9.17) is 16.7 Å². The topological polar surface area (TPSA) is 165 Å². The highest BCUT2D eigenvalue weighted by Crippen LogP contribution is 2.32. The third kappa shape index (κ3) is 6.09. The SMILES string of the molecule is O=C(O)Nc1ccc2c(c1)NC(=O)CCC=CC[C@H](NC(=O)c1cnc(-c3c(F)ccc(Cl)c3F)[nH]1)c1ncc-2[nH]1. The van der Waals surface area contributed by atoms with Gasteiger partial charge in [-0.2, -0.15) is 0 Å². The number of hydrogen-bond acceptors (Lipinski definition) is 5. The lowest BCUT2D eigenvalue weighted by Crippen LogP contribution is -2.29. The van der Waals surface area contributed by atoms with E-state index >= 15 is 0 Å². The predicted molar refractivity (Wildman–Crippen MR) is 146 cm³/mol. The molecular weight excluding hydrogens is 560 g/mol. The number of amides is 3. The van der Waals surface area contributed by atoms with Crippen LogP contribution in [0.2, 0.25) is 5.02 Å². The van der Waals surface area contributed by atoms with Crippen LogP contribution in [0.3, 0.4) is 0 Å². The number of aromatic amines is 2. The lowest BCUT2D eigenvalue weighted by Gasteiger charge is -2.15. The van der Waals surface area contributed by atoms with E-state index < -0.39 is 35.2 Å². The zero-order chi connectivity index (χ0) is 29.1. The van der Waals surface area contributed by atoms with Gasteiger partial charge in [-0.15, -0.1) is 0 Å². The van der Waals surface area contributed by atoms with Crippen LogP contribution in [0.5, 0.6) is 0 Å². The fourth-order valence-electron chi connectivity index (χ4n) is 4.29. The fourth-order valence-corrected chi connectivity index (χ4v) is 4.45. The Morgan fingerprint density at radius 3 is 2.71 bits per heavy atom. The zero-order valence-corrected chi connectivity index (χ0v) is 21.9. The van der Waals surface area contributed by atoms with Gasteiger partial charge in [-0.3, -0.25) is 14.9 Å². The lowest BCUT2D eigenvalue weighted by atomic mass is 10.1. The van der Waals surface area contributed by atoms with E-state index in [0.717, 1.165) is 18.3 Å². The van der Waals surface area contributed by atoms with Crippen molar-refractivity contribution >= 4 is 40.9 Å². The van der Waals surface area contributed by atoms with Crippen LogP contribution in [0.1, 0.15) is 41.6 Å². The van der Waals surface area contributed by atoms with E-state index in [0.29, 0.717) is 35.6 Å². The number of allylic oxidation sites excluding steroid dienone is 1. The molecule has 0 saturated carbocycles. The minimum absolute atomic E-state index is 0.0453. The summed E-state index contributed by atoms with van der Waals surface area (Å²) in [4.78, 5) is 50.9. The van der Waals surface area contributed by atoms with Gasteiger partial charge in [-0.1, -0.05) is 23.8 Å². The number of rotatable bonds is 4. The summed E-state index contributed by atoms with van der Waals surface area (Å²) in [6, 6.07) is 6.10. The maximum Gasteiger partial charge on any atom is 0.409 e. The summed E-state index contributed by atoms with van der Waals surface area (Å²) in [6.07, 6.45) is 5.93. The van der Waals surface area contributed by atoms with Crippen LogP contribution in [-0.4, -0.2) is 43.0 Å². The van der Waals surface area contributed by atoms with Gasteiger partial charge in [0.1, 0.15) is 23.2 Å². The molecule has 0 saturated heterocycles. The van der Waals surface area contributed by atoms with Crippen molar-refractivity contribution in [1.29, 1.82) is 0 Å². The van der Waals surface area contributed by atoms with E-state index in [1.165, 1.54) is 12.3 Å².